The summed E-state index contributed by atoms with van der Waals surface area (Å²) in [6.45, 7) is 1.96. The largest absolute Gasteiger partial charge is 0.399 e. The molecule has 0 aliphatic carbocycles. The van der Waals surface area contributed by atoms with Crippen LogP contribution in [0.4, 0.5) is 5.69 Å². The molecule has 0 saturated carbocycles. The third-order valence-electron chi connectivity index (χ3n) is 3.74. The molecule has 2 nitrogen and oxygen atoms in total. The molecule has 0 aliphatic rings. The molecule has 0 heterocycles. The first kappa shape index (κ1) is 12.7. The van der Waals surface area contributed by atoms with Crippen LogP contribution in [0.15, 0.2) is 60.7 Å². The van der Waals surface area contributed by atoms with Gasteiger partial charge in [0.15, 0.2) is 0 Å². The van der Waals surface area contributed by atoms with Gasteiger partial charge in [-0.15, -0.1) is 0 Å². The van der Waals surface area contributed by atoms with Gasteiger partial charge in [-0.25, -0.2) is 0 Å². The Hall–Kier alpha value is -2.32. The molecule has 0 fully saturated rings. The summed E-state index contributed by atoms with van der Waals surface area (Å²) in [5.74, 6) is 0. The fourth-order valence-electron chi connectivity index (χ4n) is 2.50. The SMILES string of the molecule is Cc1ccc(C(O)c2cccc3ccccc23)cc1N. The lowest BCUT2D eigenvalue weighted by Crippen LogP contribution is -2.02. The zero-order valence-corrected chi connectivity index (χ0v) is 11.4. The number of benzene rings is 3. The first-order chi connectivity index (χ1) is 9.66. The van der Waals surface area contributed by atoms with Gasteiger partial charge in [-0.1, -0.05) is 54.6 Å². The highest BCUT2D eigenvalue weighted by Crippen LogP contribution is 2.30. The summed E-state index contributed by atoms with van der Waals surface area (Å²) >= 11 is 0. The molecule has 3 rings (SSSR count). The Balaban J connectivity index is 2.12. The molecule has 3 aromatic carbocycles. The van der Waals surface area contributed by atoms with Crippen LogP contribution in [0.3, 0.4) is 0 Å². The Morgan fingerprint density at radius 1 is 0.950 bits per heavy atom. The van der Waals surface area contributed by atoms with Crippen LogP contribution in [0.1, 0.15) is 22.8 Å². The lowest BCUT2D eigenvalue weighted by Gasteiger charge is -2.15. The lowest BCUT2D eigenvalue weighted by atomic mass is 9.95. The minimum Gasteiger partial charge on any atom is -0.399 e. The second-order valence-electron chi connectivity index (χ2n) is 5.09. The van der Waals surface area contributed by atoms with E-state index in [-0.39, 0.29) is 0 Å². The smallest absolute Gasteiger partial charge is 0.105 e. The standard InChI is InChI=1S/C18H17NO/c1-12-9-10-14(11-17(12)19)18(20)16-8-4-6-13-5-2-3-7-15(13)16/h2-11,18,20H,19H2,1H3. The van der Waals surface area contributed by atoms with Crippen molar-refractivity contribution in [3.8, 4) is 0 Å². The lowest BCUT2D eigenvalue weighted by molar-refractivity contribution is 0.222. The van der Waals surface area contributed by atoms with Crippen molar-refractivity contribution >= 4 is 16.5 Å². The van der Waals surface area contributed by atoms with Crippen LogP contribution in [-0.2, 0) is 0 Å². The van der Waals surface area contributed by atoms with Gasteiger partial charge in [0.25, 0.3) is 0 Å². The van der Waals surface area contributed by atoms with Gasteiger partial charge in [-0.05, 0) is 40.5 Å². The summed E-state index contributed by atoms with van der Waals surface area (Å²) in [7, 11) is 0. The first-order valence-electron chi connectivity index (χ1n) is 6.68. The van der Waals surface area contributed by atoms with Crippen LogP contribution in [-0.4, -0.2) is 5.11 Å². The normalized spacial score (nSPS) is 12.5. The topological polar surface area (TPSA) is 46.2 Å². The van der Waals surface area contributed by atoms with E-state index in [0.29, 0.717) is 5.69 Å². The van der Waals surface area contributed by atoms with Crippen molar-refractivity contribution in [1.29, 1.82) is 0 Å². The molecule has 1 unspecified atom stereocenters. The van der Waals surface area contributed by atoms with Crippen molar-refractivity contribution in [2.24, 2.45) is 0 Å². The maximum absolute atomic E-state index is 10.6. The van der Waals surface area contributed by atoms with E-state index < -0.39 is 6.10 Å². The van der Waals surface area contributed by atoms with Crippen molar-refractivity contribution in [2.45, 2.75) is 13.0 Å². The summed E-state index contributed by atoms with van der Waals surface area (Å²) in [6.07, 6.45) is -0.663. The molecule has 100 valence electrons. The predicted molar refractivity (Wildman–Crippen MR) is 83.6 cm³/mol. The summed E-state index contributed by atoms with van der Waals surface area (Å²) in [6, 6.07) is 19.8. The number of aliphatic hydroxyl groups is 1. The molecule has 0 bridgehead atoms. The van der Waals surface area contributed by atoms with Crippen LogP contribution in [0.5, 0.6) is 0 Å². The van der Waals surface area contributed by atoms with Gasteiger partial charge in [0.1, 0.15) is 6.10 Å². The van der Waals surface area contributed by atoms with Crippen molar-refractivity contribution in [1.82, 2.24) is 0 Å². The summed E-state index contributed by atoms with van der Waals surface area (Å²) in [5, 5.41) is 12.8. The molecule has 2 heteroatoms. The molecular formula is C18H17NO. The molecule has 3 N–H and O–H groups in total. The van der Waals surface area contributed by atoms with Gasteiger partial charge in [0, 0.05) is 5.69 Å². The maximum atomic E-state index is 10.6. The van der Waals surface area contributed by atoms with E-state index in [9.17, 15) is 5.11 Å². The van der Waals surface area contributed by atoms with E-state index >= 15 is 0 Å². The molecule has 0 amide bonds. The zero-order chi connectivity index (χ0) is 14.1. The zero-order valence-electron chi connectivity index (χ0n) is 11.4. The number of hydrogen-bond donors (Lipinski definition) is 2. The van der Waals surface area contributed by atoms with Crippen LogP contribution in [0, 0.1) is 6.92 Å². The molecule has 0 radical (unpaired) electrons. The molecule has 3 aromatic rings. The van der Waals surface area contributed by atoms with Crippen LogP contribution in [0.2, 0.25) is 0 Å². The fourth-order valence-corrected chi connectivity index (χ4v) is 2.50. The molecule has 0 saturated heterocycles. The summed E-state index contributed by atoms with van der Waals surface area (Å²) in [4.78, 5) is 0. The van der Waals surface area contributed by atoms with Gasteiger partial charge in [0.2, 0.25) is 0 Å². The van der Waals surface area contributed by atoms with Gasteiger partial charge >= 0.3 is 0 Å². The number of rotatable bonds is 2. The molecule has 1 atom stereocenters. The monoisotopic (exact) mass is 263 g/mol. The number of aryl methyl sites for hydroxylation is 1. The fraction of sp³-hybridized carbons (Fsp3) is 0.111. The number of hydrogen-bond acceptors (Lipinski definition) is 2. The van der Waals surface area contributed by atoms with E-state index in [0.717, 1.165) is 27.5 Å². The molecule has 20 heavy (non-hydrogen) atoms. The van der Waals surface area contributed by atoms with Crippen molar-refractivity contribution < 1.29 is 5.11 Å². The number of aliphatic hydroxyl groups excluding tert-OH is 1. The van der Waals surface area contributed by atoms with Crippen molar-refractivity contribution in [3.63, 3.8) is 0 Å². The van der Waals surface area contributed by atoms with Gasteiger partial charge in [-0.2, -0.15) is 0 Å². The molecule has 0 aliphatic heterocycles. The van der Waals surface area contributed by atoms with Crippen LogP contribution < -0.4 is 5.73 Å². The Morgan fingerprint density at radius 2 is 1.70 bits per heavy atom. The highest BCUT2D eigenvalue weighted by Gasteiger charge is 2.13. The Labute approximate surface area is 118 Å². The first-order valence-corrected chi connectivity index (χ1v) is 6.68. The van der Waals surface area contributed by atoms with Gasteiger partial charge < -0.3 is 10.8 Å². The average molecular weight is 263 g/mol. The summed E-state index contributed by atoms with van der Waals surface area (Å²) < 4.78 is 0. The van der Waals surface area contributed by atoms with E-state index in [4.69, 9.17) is 5.73 Å². The van der Waals surface area contributed by atoms with Crippen LogP contribution in [0.25, 0.3) is 10.8 Å². The average Bonchev–Trinajstić information content (AvgIpc) is 2.49. The second kappa shape index (κ2) is 4.99. The summed E-state index contributed by atoms with van der Waals surface area (Å²) in [5.41, 5.74) is 9.41. The van der Waals surface area contributed by atoms with E-state index in [1.54, 1.807) is 0 Å². The number of fused-ring (bicyclic) bond motifs is 1. The minimum absolute atomic E-state index is 0.663. The highest BCUT2D eigenvalue weighted by atomic mass is 16.3. The molecule has 0 aromatic heterocycles. The number of anilines is 1. The quantitative estimate of drug-likeness (QED) is 0.691. The van der Waals surface area contributed by atoms with E-state index in [2.05, 4.69) is 12.1 Å². The Kier molecular flexibility index (Phi) is 3.17. The van der Waals surface area contributed by atoms with E-state index in [1.807, 2.05) is 55.5 Å². The predicted octanol–water partition coefficient (Wildman–Crippen LogP) is 3.81. The Bertz CT molecular complexity index is 759. The second-order valence-corrected chi connectivity index (χ2v) is 5.09. The Morgan fingerprint density at radius 3 is 2.50 bits per heavy atom. The van der Waals surface area contributed by atoms with E-state index in [1.165, 1.54) is 0 Å². The molecule has 0 spiro atoms. The third-order valence-corrected chi connectivity index (χ3v) is 3.74. The van der Waals surface area contributed by atoms with Crippen LogP contribution >= 0.6 is 0 Å². The third kappa shape index (κ3) is 2.15. The number of nitrogens with two attached hydrogens (primary N) is 1. The molecular weight excluding hydrogens is 246 g/mol. The van der Waals surface area contributed by atoms with Gasteiger partial charge in [-0.3, -0.25) is 0 Å². The number of nitrogen functional groups attached to an aromatic ring is 1. The minimum atomic E-state index is -0.663. The maximum Gasteiger partial charge on any atom is 0.105 e. The van der Waals surface area contributed by atoms with Crippen molar-refractivity contribution in [2.75, 3.05) is 5.73 Å². The van der Waals surface area contributed by atoms with Gasteiger partial charge in [0.05, 0.1) is 0 Å². The highest BCUT2D eigenvalue weighted by molar-refractivity contribution is 5.86. The van der Waals surface area contributed by atoms with Crippen molar-refractivity contribution in [3.05, 3.63) is 77.4 Å².